The highest BCUT2D eigenvalue weighted by molar-refractivity contribution is 7.97. The van der Waals surface area contributed by atoms with Crippen molar-refractivity contribution in [1.29, 1.82) is 0 Å². The standard InChI is InChI=1S/C24H30F3N3OS/c1-16(2)9-20-15-30(8-7-29(20)14-18-10-17(3)11-21(31)12-18)32-23-13-19(24(25,26)27)5-6-22(23)28-4/h5-6,10-13,16,20,31H,4,7-9,14-15H2,1-3H3/t20-/m0/s1. The maximum atomic E-state index is 13.2. The second-order valence-corrected chi connectivity index (χ2v) is 9.89. The summed E-state index contributed by atoms with van der Waals surface area (Å²) in [5.74, 6) is 0.751. The average molecular weight is 466 g/mol. The van der Waals surface area contributed by atoms with E-state index in [0.29, 0.717) is 23.0 Å². The first-order valence-corrected chi connectivity index (χ1v) is 11.5. The van der Waals surface area contributed by atoms with Gasteiger partial charge in [0.05, 0.1) is 11.3 Å². The molecule has 0 radical (unpaired) electrons. The summed E-state index contributed by atoms with van der Waals surface area (Å²) in [5.41, 5.74) is 1.86. The van der Waals surface area contributed by atoms with Crippen LogP contribution in [0.2, 0.25) is 0 Å². The minimum absolute atomic E-state index is 0.254. The zero-order valence-electron chi connectivity index (χ0n) is 18.7. The molecule has 0 amide bonds. The van der Waals surface area contributed by atoms with Crippen molar-refractivity contribution < 1.29 is 18.3 Å². The lowest BCUT2D eigenvalue weighted by Crippen LogP contribution is -2.50. The molecule has 0 unspecified atom stereocenters. The van der Waals surface area contributed by atoms with E-state index in [1.807, 2.05) is 6.92 Å². The molecule has 1 atom stereocenters. The Morgan fingerprint density at radius 2 is 1.94 bits per heavy atom. The van der Waals surface area contributed by atoms with Crippen molar-refractivity contribution in [3.8, 4) is 5.75 Å². The van der Waals surface area contributed by atoms with Crippen LogP contribution in [0.4, 0.5) is 18.9 Å². The number of piperazine rings is 1. The first-order valence-electron chi connectivity index (χ1n) is 10.7. The molecule has 8 heteroatoms. The summed E-state index contributed by atoms with van der Waals surface area (Å²) in [6, 6.07) is 9.46. The summed E-state index contributed by atoms with van der Waals surface area (Å²) in [6.07, 6.45) is -3.42. The van der Waals surface area contributed by atoms with Crippen LogP contribution >= 0.6 is 11.9 Å². The van der Waals surface area contributed by atoms with Gasteiger partial charge in [-0.05, 0) is 79.4 Å². The summed E-state index contributed by atoms with van der Waals surface area (Å²) >= 11 is 1.32. The molecule has 3 rings (SSSR count). The van der Waals surface area contributed by atoms with E-state index in [2.05, 4.69) is 40.8 Å². The third-order valence-corrected chi connectivity index (χ3v) is 6.62. The van der Waals surface area contributed by atoms with E-state index >= 15 is 0 Å². The zero-order chi connectivity index (χ0) is 23.5. The van der Waals surface area contributed by atoms with Crippen molar-refractivity contribution in [2.45, 2.75) is 50.9 Å². The second kappa shape index (κ2) is 10.3. The molecule has 2 aromatic rings. The van der Waals surface area contributed by atoms with Gasteiger partial charge in [0.2, 0.25) is 0 Å². The molecule has 0 aliphatic carbocycles. The van der Waals surface area contributed by atoms with Crippen molar-refractivity contribution >= 4 is 24.4 Å². The Labute approximate surface area is 192 Å². The number of aliphatic imine (C=N–C) groups is 1. The zero-order valence-corrected chi connectivity index (χ0v) is 19.5. The predicted molar refractivity (Wildman–Crippen MR) is 125 cm³/mol. The van der Waals surface area contributed by atoms with E-state index in [1.54, 1.807) is 12.1 Å². The molecule has 0 aromatic heterocycles. The summed E-state index contributed by atoms with van der Waals surface area (Å²) in [5, 5.41) is 9.95. The lowest BCUT2D eigenvalue weighted by Gasteiger charge is -2.41. The fourth-order valence-corrected chi connectivity index (χ4v) is 5.23. The van der Waals surface area contributed by atoms with Crippen LogP contribution in [0.3, 0.4) is 0 Å². The molecule has 1 heterocycles. The summed E-state index contributed by atoms with van der Waals surface area (Å²) in [6.45, 7) is 12.8. The molecule has 1 fully saturated rings. The second-order valence-electron chi connectivity index (χ2n) is 8.75. The van der Waals surface area contributed by atoms with Gasteiger partial charge in [-0.2, -0.15) is 13.2 Å². The van der Waals surface area contributed by atoms with E-state index in [1.165, 1.54) is 18.0 Å². The van der Waals surface area contributed by atoms with E-state index < -0.39 is 11.7 Å². The molecule has 174 valence electrons. The first kappa shape index (κ1) is 24.6. The Morgan fingerprint density at radius 3 is 2.56 bits per heavy atom. The number of alkyl halides is 3. The van der Waals surface area contributed by atoms with Crippen molar-refractivity contribution in [2.75, 3.05) is 19.6 Å². The van der Waals surface area contributed by atoms with Crippen LogP contribution in [0.15, 0.2) is 46.3 Å². The molecular weight excluding hydrogens is 435 g/mol. The molecule has 0 spiro atoms. The van der Waals surface area contributed by atoms with Gasteiger partial charge in [-0.15, -0.1) is 0 Å². The van der Waals surface area contributed by atoms with Gasteiger partial charge in [-0.3, -0.25) is 9.89 Å². The van der Waals surface area contributed by atoms with Crippen LogP contribution in [-0.2, 0) is 12.7 Å². The number of hydrogen-bond donors (Lipinski definition) is 1. The van der Waals surface area contributed by atoms with Crippen molar-refractivity contribution in [3.05, 3.63) is 53.1 Å². The Bertz CT molecular complexity index is 928. The largest absolute Gasteiger partial charge is 0.508 e. The van der Waals surface area contributed by atoms with Crippen molar-refractivity contribution in [1.82, 2.24) is 9.21 Å². The van der Waals surface area contributed by atoms with Gasteiger partial charge in [-0.1, -0.05) is 19.9 Å². The predicted octanol–water partition coefficient (Wildman–Crippen LogP) is 6.29. The molecule has 4 nitrogen and oxygen atoms in total. The molecule has 0 saturated carbocycles. The van der Waals surface area contributed by atoms with Crippen molar-refractivity contribution in [2.24, 2.45) is 10.9 Å². The molecular formula is C24H30F3N3OS. The number of benzene rings is 2. The first-order chi connectivity index (χ1) is 15.0. The smallest absolute Gasteiger partial charge is 0.416 e. The van der Waals surface area contributed by atoms with Crippen LogP contribution in [0.5, 0.6) is 5.75 Å². The van der Waals surface area contributed by atoms with Gasteiger partial charge in [0.1, 0.15) is 5.75 Å². The number of phenols is 1. The fourth-order valence-electron chi connectivity index (χ4n) is 4.12. The molecule has 1 aliphatic heterocycles. The van der Waals surface area contributed by atoms with Gasteiger partial charge in [-0.25, -0.2) is 4.31 Å². The lowest BCUT2D eigenvalue weighted by atomic mass is 10.00. The Balaban J connectivity index is 1.77. The van der Waals surface area contributed by atoms with Gasteiger partial charge in [0.15, 0.2) is 0 Å². The van der Waals surface area contributed by atoms with E-state index in [9.17, 15) is 18.3 Å². The Morgan fingerprint density at radius 1 is 1.19 bits per heavy atom. The highest BCUT2D eigenvalue weighted by Crippen LogP contribution is 2.39. The average Bonchev–Trinajstić information content (AvgIpc) is 2.68. The SMILES string of the molecule is C=Nc1ccc(C(F)(F)F)cc1SN1CCN(Cc2cc(C)cc(O)c2)[C@@H](CC(C)C)C1. The topological polar surface area (TPSA) is 39.1 Å². The fraction of sp³-hybridized carbons (Fsp3) is 0.458. The number of rotatable bonds is 7. The highest BCUT2D eigenvalue weighted by atomic mass is 32.2. The Kier molecular flexibility index (Phi) is 7.90. The number of phenolic OH excluding ortho intramolecular Hbond substituents is 1. The minimum atomic E-state index is -4.40. The summed E-state index contributed by atoms with van der Waals surface area (Å²) in [7, 11) is 0. The van der Waals surface area contributed by atoms with Crippen LogP contribution < -0.4 is 0 Å². The number of halogens is 3. The van der Waals surface area contributed by atoms with Crippen LogP contribution in [0.1, 0.15) is 37.0 Å². The summed E-state index contributed by atoms with van der Waals surface area (Å²) in [4.78, 5) is 6.79. The van der Waals surface area contributed by atoms with Crippen LogP contribution in [-0.4, -0.2) is 46.7 Å². The lowest BCUT2D eigenvalue weighted by molar-refractivity contribution is -0.137. The van der Waals surface area contributed by atoms with E-state index in [0.717, 1.165) is 49.3 Å². The monoisotopic (exact) mass is 465 g/mol. The number of aromatic hydroxyl groups is 1. The molecule has 1 saturated heterocycles. The number of hydrogen-bond acceptors (Lipinski definition) is 5. The molecule has 32 heavy (non-hydrogen) atoms. The van der Waals surface area contributed by atoms with Gasteiger partial charge >= 0.3 is 6.18 Å². The third kappa shape index (κ3) is 6.49. The Hall–Kier alpha value is -2.03. The summed E-state index contributed by atoms with van der Waals surface area (Å²) < 4.78 is 41.8. The molecule has 2 aromatic carbocycles. The van der Waals surface area contributed by atoms with Gasteiger partial charge < -0.3 is 5.11 Å². The molecule has 0 bridgehead atoms. The van der Waals surface area contributed by atoms with Crippen LogP contribution in [0, 0.1) is 12.8 Å². The van der Waals surface area contributed by atoms with E-state index in [-0.39, 0.29) is 11.8 Å². The number of aryl methyl sites for hydroxylation is 1. The maximum absolute atomic E-state index is 13.2. The van der Waals surface area contributed by atoms with Crippen LogP contribution in [0.25, 0.3) is 0 Å². The van der Waals surface area contributed by atoms with E-state index in [4.69, 9.17) is 0 Å². The molecule has 1 aliphatic rings. The quantitative estimate of drug-likeness (QED) is 0.385. The molecule has 1 N–H and O–H groups in total. The minimum Gasteiger partial charge on any atom is -0.508 e. The van der Waals surface area contributed by atoms with Gasteiger partial charge in [0.25, 0.3) is 0 Å². The maximum Gasteiger partial charge on any atom is 0.416 e. The third-order valence-electron chi connectivity index (χ3n) is 5.50. The number of nitrogens with zero attached hydrogens (tertiary/aromatic N) is 3. The normalized spacial score (nSPS) is 18.3. The van der Waals surface area contributed by atoms with Crippen molar-refractivity contribution in [3.63, 3.8) is 0 Å². The highest BCUT2D eigenvalue weighted by Gasteiger charge is 2.32. The van der Waals surface area contributed by atoms with Gasteiger partial charge in [0, 0.05) is 37.1 Å².